The van der Waals surface area contributed by atoms with E-state index in [0.717, 1.165) is 24.2 Å². The van der Waals surface area contributed by atoms with Crippen molar-refractivity contribution in [1.29, 1.82) is 0 Å². The van der Waals surface area contributed by atoms with Crippen LogP contribution in [0.15, 0.2) is 29.6 Å². The second-order valence-electron chi connectivity index (χ2n) is 9.98. The first-order chi connectivity index (χ1) is 12.6. The molecule has 1 aliphatic heterocycles. The lowest BCUT2D eigenvalue weighted by Crippen LogP contribution is -2.34. The van der Waals surface area contributed by atoms with Crippen LogP contribution in [0.1, 0.15) is 88.4 Å². The number of hydrogen-bond acceptors (Lipinski definition) is 3. The third kappa shape index (κ3) is 4.41. The predicted octanol–water partition coefficient (Wildman–Crippen LogP) is 6.62. The van der Waals surface area contributed by atoms with Gasteiger partial charge in [-0.05, 0) is 77.0 Å². The first-order valence-electron chi connectivity index (χ1n) is 10.2. The molecule has 2 aromatic rings. The Bertz CT molecular complexity index is 724. The second-order valence-corrected chi connectivity index (χ2v) is 11.0. The van der Waals surface area contributed by atoms with E-state index < -0.39 is 0 Å². The van der Waals surface area contributed by atoms with Crippen molar-refractivity contribution in [2.75, 3.05) is 13.1 Å². The minimum Gasteiger partial charge on any atom is -0.507 e. The fourth-order valence-corrected chi connectivity index (χ4v) is 5.02. The number of benzene rings is 1. The normalized spacial score (nSPS) is 17.9. The van der Waals surface area contributed by atoms with E-state index in [2.05, 4.69) is 76.1 Å². The number of likely N-dealkylation sites (tertiary alicyclic amines) is 1. The van der Waals surface area contributed by atoms with Crippen LogP contribution in [0.25, 0.3) is 0 Å². The summed E-state index contributed by atoms with van der Waals surface area (Å²) in [6, 6.07) is 9.25. The second kappa shape index (κ2) is 7.60. The number of thiophene rings is 1. The third-order valence-electron chi connectivity index (χ3n) is 5.63. The first-order valence-corrected chi connectivity index (χ1v) is 11.1. The summed E-state index contributed by atoms with van der Waals surface area (Å²) in [5, 5.41) is 13.3. The Morgan fingerprint density at radius 3 is 1.93 bits per heavy atom. The highest BCUT2D eigenvalue weighted by molar-refractivity contribution is 7.10. The molecule has 1 unspecified atom stereocenters. The van der Waals surface area contributed by atoms with Crippen molar-refractivity contribution in [2.24, 2.45) is 0 Å². The summed E-state index contributed by atoms with van der Waals surface area (Å²) in [7, 11) is 0. The Hall–Kier alpha value is -1.32. The molecule has 1 aromatic heterocycles. The molecule has 0 saturated carbocycles. The van der Waals surface area contributed by atoms with Gasteiger partial charge in [-0.15, -0.1) is 11.3 Å². The van der Waals surface area contributed by atoms with Crippen molar-refractivity contribution < 1.29 is 5.11 Å². The maximum atomic E-state index is 11.1. The maximum absolute atomic E-state index is 11.1. The number of rotatable bonds is 3. The molecule has 3 heteroatoms. The molecular weight excluding hydrogens is 350 g/mol. The zero-order chi connectivity index (χ0) is 19.8. The fraction of sp³-hybridized carbons (Fsp3) is 0.583. The van der Waals surface area contributed by atoms with Gasteiger partial charge in [0, 0.05) is 4.88 Å². The minimum atomic E-state index is -0.0952. The number of phenolic OH excluding ortho intramolecular Hbond substituents is 1. The Labute approximate surface area is 169 Å². The molecule has 0 aliphatic carbocycles. The van der Waals surface area contributed by atoms with E-state index in [1.807, 2.05) is 11.3 Å². The van der Waals surface area contributed by atoms with Crippen LogP contribution >= 0.6 is 11.3 Å². The van der Waals surface area contributed by atoms with E-state index in [9.17, 15) is 5.11 Å². The average molecular weight is 386 g/mol. The summed E-state index contributed by atoms with van der Waals surface area (Å²) < 4.78 is 0. The van der Waals surface area contributed by atoms with Crippen LogP contribution in [-0.2, 0) is 10.8 Å². The number of hydrogen-bond donors (Lipinski definition) is 1. The molecule has 0 radical (unpaired) electrons. The van der Waals surface area contributed by atoms with Crippen LogP contribution in [0.5, 0.6) is 5.75 Å². The van der Waals surface area contributed by atoms with Gasteiger partial charge in [0.2, 0.25) is 0 Å². The van der Waals surface area contributed by atoms with Crippen molar-refractivity contribution in [1.82, 2.24) is 4.90 Å². The zero-order valence-electron chi connectivity index (χ0n) is 17.8. The molecule has 1 aromatic carbocycles. The van der Waals surface area contributed by atoms with E-state index in [4.69, 9.17) is 0 Å². The highest BCUT2D eigenvalue weighted by atomic mass is 32.1. The van der Waals surface area contributed by atoms with Crippen LogP contribution < -0.4 is 0 Å². The summed E-state index contributed by atoms with van der Waals surface area (Å²) in [5.74, 6) is 0.474. The molecule has 1 atom stereocenters. The summed E-state index contributed by atoms with van der Waals surface area (Å²) in [5.41, 5.74) is 3.25. The standard InChI is InChI=1S/C24H35NOS/c1-23(2,3)18-15-17(16-19(22(18)26)24(4,5)6)21(20-11-10-14-27-20)25-12-8-7-9-13-25/h10-11,14-16,21,26H,7-9,12-13H2,1-6H3. The van der Waals surface area contributed by atoms with Gasteiger partial charge in [-0.2, -0.15) is 0 Å². The number of piperidine rings is 1. The highest BCUT2D eigenvalue weighted by Crippen LogP contribution is 2.43. The van der Waals surface area contributed by atoms with Crippen LogP contribution in [0.4, 0.5) is 0 Å². The van der Waals surface area contributed by atoms with Gasteiger partial charge in [-0.3, -0.25) is 4.90 Å². The monoisotopic (exact) mass is 385 g/mol. The summed E-state index contributed by atoms with van der Waals surface area (Å²) in [4.78, 5) is 4.04. The van der Waals surface area contributed by atoms with Gasteiger partial charge in [0.15, 0.2) is 0 Å². The summed E-state index contributed by atoms with van der Waals surface area (Å²) in [6.45, 7) is 15.5. The molecular formula is C24H35NOS. The van der Waals surface area contributed by atoms with E-state index in [0.29, 0.717) is 5.75 Å². The van der Waals surface area contributed by atoms with Crippen LogP contribution in [-0.4, -0.2) is 23.1 Å². The van der Waals surface area contributed by atoms with Crippen molar-refractivity contribution >= 4 is 11.3 Å². The minimum absolute atomic E-state index is 0.0952. The maximum Gasteiger partial charge on any atom is 0.123 e. The first kappa shape index (κ1) is 20.4. The molecule has 1 fully saturated rings. The van der Waals surface area contributed by atoms with E-state index in [1.165, 1.54) is 29.7 Å². The van der Waals surface area contributed by atoms with Crippen LogP contribution in [0.2, 0.25) is 0 Å². The predicted molar refractivity (Wildman–Crippen MR) is 117 cm³/mol. The third-order valence-corrected chi connectivity index (χ3v) is 6.56. The lowest BCUT2D eigenvalue weighted by Gasteiger charge is -2.36. The fourth-order valence-electron chi connectivity index (χ4n) is 4.14. The quantitative estimate of drug-likeness (QED) is 0.641. The van der Waals surface area contributed by atoms with Crippen LogP contribution in [0, 0.1) is 0 Å². The molecule has 0 amide bonds. The smallest absolute Gasteiger partial charge is 0.123 e. The highest BCUT2D eigenvalue weighted by Gasteiger charge is 2.31. The summed E-state index contributed by atoms with van der Waals surface area (Å²) in [6.07, 6.45) is 3.89. The van der Waals surface area contributed by atoms with E-state index >= 15 is 0 Å². The number of nitrogens with zero attached hydrogens (tertiary/aromatic N) is 1. The van der Waals surface area contributed by atoms with Gasteiger partial charge in [0.05, 0.1) is 6.04 Å². The molecule has 148 valence electrons. The van der Waals surface area contributed by atoms with Gasteiger partial charge >= 0.3 is 0 Å². The molecule has 3 rings (SSSR count). The molecule has 27 heavy (non-hydrogen) atoms. The zero-order valence-corrected chi connectivity index (χ0v) is 18.6. The number of aromatic hydroxyl groups is 1. The van der Waals surface area contributed by atoms with Gasteiger partial charge in [-0.25, -0.2) is 0 Å². The van der Waals surface area contributed by atoms with Gasteiger partial charge in [0.1, 0.15) is 5.75 Å². The molecule has 0 bridgehead atoms. The molecule has 1 aliphatic rings. The Kier molecular flexibility index (Phi) is 5.74. The summed E-state index contributed by atoms with van der Waals surface area (Å²) >= 11 is 1.85. The van der Waals surface area contributed by atoms with E-state index in [1.54, 1.807) is 0 Å². The van der Waals surface area contributed by atoms with Crippen LogP contribution in [0.3, 0.4) is 0 Å². The van der Waals surface area contributed by atoms with Gasteiger partial charge < -0.3 is 5.11 Å². The van der Waals surface area contributed by atoms with Crippen molar-refractivity contribution in [2.45, 2.75) is 77.7 Å². The molecule has 2 nitrogen and oxygen atoms in total. The molecule has 0 spiro atoms. The molecule has 2 heterocycles. The number of phenols is 1. The van der Waals surface area contributed by atoms with Crippen molar-refractivity contribution in [3.8, 4) is 5.75 Å². The SMILES string of the molecule is CC(C)(C)c1cc(C(c2cccs2)N2CCCCC2)cc(C(C)(C)C)c1O. The lowest BCUT2D eigenvalue weighted by molar-refractivity contribution is 0.189. The Morgan fingerprint density at radius 1 is 0.926 bits per heavy atom. The van der Waals surface area contributed by atoms with Crippen molar-refractivity contribution in [3.05, 3.63) is 51.2 Å². The molecule has 1 N–H and O–H groups in total. The lowest BCUT2D eigenvalue weighted by atomic mass is 9.77. The Morgan fingerprint density at radius 2 is 1.48 bits per heavy atom. The van der Waals surface area contributed by atoms with Gasteiger partial charge in [-0.1, -0.05) is 54.0 Å². The van der Waals surface area contributed by atoms with Crippen molar-refractivity contribution in [3.63, 3.8) is 0 Å². The Balaban J connectivity index is 2.19. The topological polar surface area (TPSA) is 23.5 Å². The average Bonchev–Trinajstić information content (AvgIpc) is 3.09. The largest absolute Gasteiger partial charge is 0.507 e. The van der Waals surface area contributed by atoms with Gasteiger partial charge in [0.25, 0.3) is 0 Å². The van der Waals surface area contributed by atoms with E-state index in [-0.39, 0.29) is 16.9 Å². The molecule has 1 saturated heterocycles.